The molecule has 0 aromatic heterocycles. The molecular formula is C10H19F2N3O2S2. The minimum Gasteiger partial charge on any atom is -0.352 e. The topological polar surface area (TPSA) is 70.2 Å². The summed E-state index contributed by atoms with van der Waals surface area (Å²) in [6.45, 7) is 3.49. The van der Waals surface area contributed by atoms with E-state index in [4.69, 9.17) is 0 Å². The summed E-state index contributed by atoms with van der Waals surface area (Å²) in [5.74, 6) is -8.80. The van der Waals surface area contributed by atoms with Crippen LogP contribution in [0, 0.1) is 0 Å². The van der Waals surface area contributed by atoms with E-state index in [0.29, 0.717) is 0 Å². The Morgan fingerprint density at radius 2 is 1.53 bits per heavy atom. The van der Waals surface area contributed by atoms with Gasteiger partial charge in [-0.25, -0.2) is 8.78 Å². The minimum atomic E-state index is -2.77. The lowest BCUT2D eigenvalue weighted by Crippen LogP contribution is -2.64. The van der Waals surface area contributed by atoms with Gasteiger partial charge >= 0.3 is 0 Å². The first-order valence-electron chi connectivity index (χ1n) is 5.75. The summed E-state index contributed by atoms with van der Waals surface area (Å²) in [5.41, 5.74) is 0. The van der Waals surface area contributed by atoms with Crippen LogP contribution in [0.25, 0.3) is 0 Å². The summed E-state index contributed by atoms with van der Waals surface area (Å²) in [7, 11) is 0. The van der Waals surface area contributed by atoms with E-state index in [-0.39, 0.29) is 13.1 Å². The standard InChI is InChI=1S/C10H19F2N3O2S2/c1-3-13-7(16)10(12,6-19)15-8(17)9(11,5-18)14-4-2/h14,18-19H,3-6H2,1-2H3,(H,13,16)(H,15,17)/t9?,10-/m0/s1. The Balaban J connectivity index is 4.96. The van der Waals surface area contributed by atoms with Gasteiger partial charge < -0.3 is 10.6 Å². The molecule has 2 atom stereocenters. The maximum absolute atomic E-state index is 14.2. The van der Waals surface area contributed by atoms with Crippen molar-refractivity contribution in [3.05, 3.63) is 0 Å². The average Bonchev–Trinajstić information content (AvgIpc) is 2.38. The molecule has 0 rings (SSSR count). The smallest absolute Gasteiger partial charge is 0.279 e. The lowest BCUT2D eigenvalue weighted by atomic mass is 10.2. The zero-order chi connectivity index (χ0) is 15.1. The quantitative estimate of drug-likeness (QED) is 0.324. The molecule has 0 aromatic carbocycles. The van der Waals surface area contributed by atoms with Crippen LogP contribution < -0.4 is 16.0 Å². The van der Waals surface area contributed by atoms with E-state index in [2.05, 4.69) is 35.9 Å². The highest BCUT2D eigenvalue weighted by molar-refractivity contribution is 7.80. The average molecular weight is 315 g/mol. The largest absolute Gasteiger partial charge is 0.352 e. The highest BCUT2D eigenvalue weighted by atomic mass is 32.1. The van der Waals surface area contributed by atoms with Crippen molar-refractivity contribution in [1.29, 1.82) is 0 Å². The van der Waals surface area contributed by atoms with E-state index < -0.39 is 34.9 Å². The van der Waals surface area contributed by atoms with Crippen molar-refractivity contribution in [3.63, 3.8) is 0 Å². The van der Waals surface area contributed by atoms with Gasteiger partial charge in [0.2, 0.25) is 5.79 Å². The van der Waals surface area contributed by atoms with Gasteiger partial charge in [-0.1, -0.05) is 6.92 Å². The van der Waals surface area contributed by atoms with Gasteiger partial charge in [0.05, 0.1) is 5.75 Å². The fraction of sp³-hybridized carbons (Fsp3) is 0.800. The number of alkyl halides is 2. The number of likely N-dealkylation sites (N-methyl/N-ethyl adjacent to an activating group) is 2. The number of hydrogen-bond donors (Lipinski definition) is 5. The Morgan fingerprint density at radius 3 is 1.89 bits per heavy atom. The molecule has 1 unspecified atom stereocenters. The predicted octanol–water partition coefficient (Wildman–Crippen LogP) is 0.0394. The molecule has 0 aliphatic heterocycles. The van der Waals surface area contributed by atoms with Crippen molar-refractivity contribution in [2.45, 2.75) is 25.4 Å². The van der Waals surface area contributed by atoms with Crippen molar-refractivity contribution in [3.8, 4) is 0 Å². The van der Waals surface area contributed by atoms with Crippen molar-refractivity contribution >= 4 is 37.1 Å². The summed E-state index contributed by atoms with van der Waals surface area (Å²) in [6, 6.07) is 0. The molecule has 0 radical (unpaired) electrons. The number of rotatable bonds is 8. The molecule has 3 N–H and O–H groups in total. The highest BCUT2D eigenvalue weighted by Gasteiger charge is 2.45. The van der Waals surface area contributed by atoms with Crippen LogP contribution in [-0.4, -0.2) is 48.0 Å². The molecular weight excluding hydrogens is 296 g/mol. The summed E-state index contributed by atoms with van der Waals surface area (Å²) < 4.78 is 28.3. The predicted molar refractivity (Wildman–Crippen MR) is 75.9 cm³/mol. The number of carbonyl (C=O) groups excluding carboxylic acids is 2. The number of amides is 2. The van der Waals surface area contributed by atoms with Crippen molar-refractivity contribution in [2.75, 3.05) is 24.6 Å². The second-order valence-corrected chi connectivity index (χ2v) is 4.39. The van der Waals surface area contributed by atoms with Crippen molar-refractivity contribution in [1.82, 2.24) is 16.0 Å². The molecule has 112 valence electrons. The molecule has 0 aliphatic rings. The molecule has 9 heteroatoms. The van der Waals surface area contributed by atoms with Crippen LogP contribution in [0.4, 0.5) is 8.78 Å². The van der Waals surface area contributed by atoms with Gasteiger partial charge in [-0.05, 0) is 13.5 Å². The molecule has 2 amide bonds. The fourth-order valence-electron chi connectivity index (χ4n) is 1.24. The third-order valence-electron chi connectivity index (χ3n) is 2.26. The third-order valence-corrected chi connectivity index (χ3v) is 3.13. The Hall–Kier alpha value is -0.540. The van der Waals surface area contributed by atoms with Crippen LogP contribution in [0.2, 0.25) is 0 Å². The van der Waals surface area contributed by atoms with E-state index in [1.165, 1.54) is 0 Å². The third kappa shape index (κ3) is 4.81. The van der Waals surface area contributed by atoms with Crippen LogP contribution in [0.1, 0.15) is 13.8 Å². The Labute approximate surface area is 122 Å². The molecule has 0 saturated heterocycles. The van der Waals surface area contributed by atoms with Crippen LogP contribution in [0.5, 0.6) is 0 Å². The summed E-state index contributed by atoms with van der Waals surface area (Å²) >= 11 is 7.38. The molecule has 5 nitrogen and oxygen atoms in total. The van der Waals surface area contributed by atoms with E-state index in [9.17, 15) is 18.4 Å². The van der Waals surface area contributed by atoms with Gasteiger partial charge in [0.15, 0.2) is 0 Å². The van der Waals surface area contributed by atoms with Crippen LogP contribution in [-0.2, 0) is 9.59 Å². The van der Waals surface area contributed by atoms with E-state index >= 15 is 0 Å². The molecule has 0 bridgehead atoms. The van der Waals surface area contributed by atoms with Gasteiger partial charge in [0.1, 0.15) is 0 Å². The monoisotopic (exact) mass is 315 g/mol. The highest BCUT2D eigenvalue weighted by Crippen LogP contribution is 2.15. The van der Waals surface area contributed by atoms with Crippen LogP contribution >= 0.6 is 25.3 Å². The lowest BCUT2D eigenvalue weighted by Gasteiger charge is -2.29. The molecule has 0 saturated carbocycles. The van der Waals surface area contributed by atoms with Crippen molar-refractivity contribution in [2.24, 2.45) is 0 Å². The lowest BCUT2D eigenvalue weighted by molar-refractivity contribution is -0.145. The van der Waals surface area contributed by atoms with Gasteiger partial charge in [-0.15, -0.1) is 0 Å². The number of carbonyl (C=O) groups is 2. The minimum absolute atomic E-state index is 0.145. The Kier molecular flexibility index (Phi) is 7.68. The molecule has 19 heavy (non-hydrogen) atoms. The summed E-state index contributed by atoms with van der Waals surface area (Å²) in [5, 5.41) is 6.18. The number of nitrogens with one attached hydrogen (secondary N) is 3. The first kappa shape index (κ1) is 18.5. The van der Waals surface area contributed by atoms with Gasteiger partial charge in [0.25, 0.3) is 17.6 Å². The Morgan fingerprint density at radius 1 is 1.00 bits per heavy atom. The maximum Gasteiger partial charge on any atom is 0.279 e. The molecule has 0 spiro atoms. The summed E-state index contributed by atoms with van der Waals surface area (Å²) in [6.07, 6.45) is 0. The number of thiol groups is 2. The first-order chi connectivity index (χ1) is 8.79. The van der Waals surface area contributed by atoms with E-state index in [0.717, 1.165) is 0 Å². The molecule has 0 aromatic rings. The zero-order valence-electron chi connectivity index (χ0n) is 10.8. The van der Waals surface area contributed by atoms with Crippen LogP contribution in [0.3, 0.4) is 0 Å². The van der Waals surface area contributed by atoms with Gasteiger partial charge in [-0.2, -0.15) is 25.3 Å². The van der Waals surface area contributed by atoms with Gasteiger partial charge in [-0.3, -0.25) is 14.9 Å². The van der Waals surface area contributed by atoms with E-state index in [1.807, 2.05) is 0 Å². The number of hydrogen-bond acceptors (Lipinski definition) is 5. The second-order valence-electron chi connectivity index (χ2n) is 3.76. The zero-order valence-corrected chi connectivity index (χ0v) is 12.6. The summed E-state index contributed by atoms with van der Waals surface area (Å²) in [4.78, 5) is 23.2. The van der Waals surface area contributed by atoms with E-state index in [1.54, 1.807) is 19.2 Å². The molecule has 0 fully saturated rings. The Bertz CT molecular complexity index is 336. The molecule has 0 aliphatic carbocycles. The normalized spacial score (nSPS) is 17.2. The maximum atomic E-state index is 14.2. The number of halogens is 2. The first-order valence-corrected chi connectivity index (χ1v) is 7.01. The molecule has 0 heterocycles. The second kappa shape index (κ2) is 7.91. The van der Waals surface area contributed by atoms with Gasteiger partial charge in [0, 0.05) is 12.3 Å². The fourth-order valence-corrected chi connectivity index (χ4v) is 1.71. The van der Waals surface area contributed by atoms with Crippen molar-refractivity contribution < 1.29 is 18.4 Å². The SMILES string of the molecule is CCNC(=O)[C@](F)(CS)NC(=O)C(F)(CS)NCC. The van der Waals surface area contributed by atoms with Crippen LogP contribution in [0.15, 0.2) is 0 Å².